The Bertz CT molecular complexity index is 1050. The summed E-state index contributed by atoms with van der Waals surface area (Å²) < 4.78 is 45.2. The second kappa shape index (κ2) is 9.15. The van der Waals surface area contributed by atoms with Crippen LogP contribution in [0.5, 0.6) is 5.88 Å². The van der Waals surface area contributed by atoms with Crippen LogP contribution in [0.25, 0.3) is 5.82 Å². The molecule has 3 rings (SSSR count). The van der Waals surface area contributed by atoms with E-state index in [-0.39, 0.29) is 24.2 Å². The van der Waals surface area contributed by atoms with Crippen molar-refractivity contribution in [3.05, 3.63) is 65.2 Å². The molecular formula is C21H22F3N5O2. The van der Waals surface area contributed by atoms with Gasteiger partial charge in [0.05, 0.1) is 29.6 Å². The zero-order valence-electron chi connectivity index (χ0n) is 17.3. The minimum atomic E-state index is -4.48. The zero-order chi connectivity index (χ0) is 22.6. The summed E-state index contributed by atoms with van der Waals surface area (Å²) in [6.07, 6.45) is -0.737. The molecule has 0 unspecified atom stereocenters. The van der Waals surface area contributed by atoms with Crippen LogP contribution < -0.4 is 10.1 Å². The Morgan fingerprint density at radius 3 is 2.58 bits per heavy atom. The van der Waals surface area contributed by atoms with E-state index >= 15 is 0 Å². The number of alkyl halides is 3. The summed E-state index contributed by atoms with van der Waals surface area (Å²) in [5.41, 5.74) is 0.844. The summed E-state index contributed by atoms with van der Waals surface area (Å²) in [5.74, 6) is 0.194. The average molecular weight is 433 g/mol. The molecule has 0 aliphatic rings. The summed E-state index contributed by atoms with van der Waals surface area (Å²) in [4.78, 5) is 20.8. The third-order valence-corrected chi connectivity index (χ3v) is 4.43. The molecule has 0 atom stereocenters. The van der Waals surface area contributed by atoms with E-state index in [1.54, 1.807) is 18.3 Å². The number of halogens is 3. The van der Waals surface area contributed by atoms with E-state index < -0.39 is 11.7 Å². The van der Waals surface area contributed by atoms with Crippen molar-refractivity contribution in [1.82, 2.24) is 25.1 Å². The number of nitrogens with one attached hydrogen (secondary N) is 1. The van der Waals surface area contributed by atoms with E-state index in [0.717, 1.165) is 17.8 Å². The molecule has 3 heterocycles. The summed E-state index contributed by atoms with van der Waals surface area (Å²) in [5, 5.41) is 7.02. The van der Waals surface area contributed by atoms with Crippen LogP contribution in [0, 0.1) is 0 Å². The maximum Gasteiger partial charge on any atom is 0.417 e. The molecule has 7 nitrogen and oxygen atoms in total. The summed E-state index contributed by atoms with van der Waals surface area (Å²) >= 11 is 0. The molecule has 1 N–H and O–H groups in total. The van der Waals surface area contributed by atoms with Crippen molar-refractivity contribution in [2.75, 3.05) is 6.61 Å². The lowest BCUT2D eigenvalue weighted by molar-refractivity contribution is -0.137. The third kappa shape index (κ3) is 5.19. The van der Waals surface area contributed by atoms with Gasteiger partial charge in [0.25, 0.3) is 5.91 Å². The van der Waals surface area contributed by atoms with Gasteiger partial charge in [0.15, 0.2) is 5.82 Å². The molecule has 31 heavy (non-hydrogen) atoms. The summed E-state index contributed by atoms with van der Waals surface area (Å²) in [6, 6.07) is 5.67. The van der Waals surface area contributed by atoms with E-state index in [1.165, 1.54) is 16.9 Å². The van der Waals surface area contributed by atoms with Crippen LogP contribution in [0.15, 0.2) is 42.9 Å². The molecule has 0 aliphatic heterocycles. The van der Waals surface area contributed by atoms with Crippen molar-refractivity contribution in [2.45, 2.75) is 39.4 Å². The second-order valence-electron chi connectivity index (χ2n) is 7.03. The number of amides is 1. The first-order valence-corrected chi connectivity index (χ1v) is 9.68. The number of nitrogens with zero attached hydrogens (tertiary/aromatic N) is 4. The fourth-order valence-electron chi connectivity index (χ4n) is 3.01. The number of rotatable bonds is 7. The molecule has 0 saturated heterocycles. The van der Waals surface area contributed by atoms with Gasteiger partial charge in [-0.15, -0.1) is 0 Å². The zero-order valence-corrected chi connectivity index (χ0v) is 17.3. The monoisotopic (exact) mass is 433 g/mol. The van der Waals surface area contributed by atoms with Crippen molar-refractivity contribution in [3.63, 3.8) is 0 Å². The summed E-state index contributed by atoms with van der Waals surface area (Å²) in [6.45, 7) is 6.32. The quantitative estimate of drug-likeness (QED) is 0.606. The Kier molecular flexibility index (Phi) is 6.57. The molecule has 3 aromatic heterocycles. The minimum Gasteiger partial charge on any atom is -0.478 e. The number of hydrogen-bond donors (Lipinski definition) is 1. The molecule has 10 heteroatoms. The van der Waals surface area contributed by atoms with Gasteiger partial charge in [0, 0.05) is 25.0 Å². The van der Waals surface area contributed by atoms with E-state index in [4.69, 9.17) is 4.74 Å². The van der Waals surface area contributed by atoms with Crippen molar-refractivity contribution in [2.24, 2.45) is 0 Å². The second-order valence-corrected chi connectivity index (χ2v) is 7.03. The lowest BCUT2D eigenvalue weighted by Crippen LogP contribution is -2.24. The average Bonchev–Trinajstić information content (AvgIpc) is 3.18. The van der Waals surface area contributed by atoms with E-state index in [1.807, 2.05) is 20.8 Å². The first-order chi connectivity index (χ1) is 14.7. The van der Waals surface area contributed by atoms with Crippen LogP contribution in [0.3, 0.4) is 0 Å². The first-order valence-electron chi connectivity index (χ1n) is 9.68. The highest BCUT2D eigenvalue weighted by Crippen LogP contribution is 2.29. The van der Waals surface area contributed by atoms with Gasteiger partial charge < -0.3 is 10.1 Å². The normalized spacial score (nSPS) is 11.6. The molecule has 0 radical (unpaired) electrons. The van der Waals surface area contributed by atoms with Gasteiger partial charge >= 0.3 is 6.18 Å². The molecule has 0 fully saturated rings. The van der Waals surface area contributed by atoms with Crippen molar-refractivity contribution >= 4 is 5.91 Å². The lowest BCUT2D eigenvalue weighted by Gasteiger charge is -2.13. The number of hydrogen-bond acceptors (Lipinski definition) is 5. The van der Waals surface area contributed by atoms with E-state index in [2.05, 4.69) is 20.4 Å². The van der Waals surface area contributed by atoms with E-state index in [9.17, 15) is 18.0 Å². The molecule has 0 saturated carbocycles. The molecule has 0 aromatic carbocycles. The molecule has 0 bridgehead atoms. The maximum atomic E-state index is 12.8. The van der Waals surface area contributed by atoms with Crippen LogP contribution in [0.1, 0.15) is 53.9 Å². The van der Waals surface area contributed by atoms with Crippen molar-refractivity contribution < 1.29 is 22.7 Å². The van der Waals surface area contributed by atoms with Gasteiger partial charge in [-0.1, -0.05) is 13.8 Å². The Morgan fingerprint density at radius 2 is 1.97 bits per heavy atom. The Hall–Kier alpha value is -3.43. The Balaban J connectivity index is 1.81. The predicted molar refractivity (Wildman–Crippen MR) is 107 cm³/mol. The van der Waals surface area contributed by atoms with Gasteiger partial charge in [0.2, 0.25) is 5.88 Å². The van der Waals surface area contributed by atoms with Crippen LogP contribution >= 0.6 is 0 Å². The molecule has 0 spiro atoms. The van der Waals surface area contributed by atoms with E-state index in [0.29, 0.717) is 23.7 Å². The number of carbonyl (C=O) groups is 1. The molecule has 0 aliphatic carbocycles. The highest BCUT2D eigenvalue weighted by Gasteiger charge is 2.31. The topological polar surface area (TPSA) is 81.9 Å². The fraction of sp³-hybridized carbons (Fsp3) is 0.333. The van der Waals surface area contributed by atoms with Crippen molar-refractivity contribution in [1.29, 1.82) is 0 Å². The molecule has 3 aromatic rings. The van der Waals surface area contributed by atoms with Gasteiger partial charge in [-0.2, -0.15) is 18.3 Å². The highest BCUT2D eigenvalue weighted by molar-refractivity contribution is 5.95. The van der Waals surface area contributed by atoms with Crippen LogP contribution in [0.2, 0.25) is 0 Å². The van der Waals surface area contributed by atoms with Gasteiger partial charge in [-0.3, -0.25) is 4.79 Å². The largest absolute Gasteiger partial charge is 0.478 e. The lowest BCUT2D eigenvalue weighted by atomic mass is 10.1. The highest BCUT2D eigenvalue weighted by atomic mass is 19.4. The minimum absolute atomic E-state index is 0.127. The standard InChI is InChI=1S/C21H22F3N5O2/c1-4-31-18-9-14(7-8-25-18)10-27-20(30)16-12-28-29(19(16)13(2)3)17-6-5-15(11-26-17)21(22,23)24/h5-9,11-13H,4,10H2,1-3H3,(H,27,30). The van der Waals surface area contributed by atoms with Crippen LogP contribution in [-0.4, -0.2) is 32.3 Å². The van der Waals surface area contributed by atoms with Crippen molar-refractivity contribution in [3.8, 4) is 11.7 Å². The molecule has 1 amide bonds. The predicted octanol–water partition coefficient (Wildman–Crippen LogP) is 4.13. The molecule has 164 valence electrons. The van der Waals surface area contributed by atoms with Crippen LogP contribution in [0.4, 0.5) is 13.2 Å². The number of aromatic nitrogens is 4. The van der Waals surface area contributed by atoms with Gasteiger partial charge in [-0.05, 0) is 36.6 Å². The number of carbonyl (C=O) groups excluding carboxylic acids is 1. The SMILES string of the molecule is CCOc1cc(CNC(=O)c2cnn(-c3ccc(C(F)(F)F)cn3)c2C(C)C)ccn1. The Morgan fingerprint density at radius 1 is 1.19 bits per heavy atom. The number of pyridine rings is 2. The van der Waals surface area contributed by atoms with Crippen LogP contribution in [-0.2, 0) is 12.7 Å². The summed E-state index contributed by atoms with van der Waals surface area (Å²) in [7, 11) is 0. The molecular weight excluding hydrogens is 411 g/mol. The van der Waals surface area contributed by atoms with Gasteiger partial charge in [-0.25, -0.2) is 14.6 Å². The fourth-order valence-corrected chi connectivity index (χ4v) is 3.01. The Labute approximate surface area is 177 Å². The first kappa shape index (κ1) is 22.3. The van der Waals surface area contributed by atoms with Gasteiger partial charge in [0.1, 0.15) is 0 Å². The third-order valence-electron chi connectivity index (χ3n) is 4.43. The number of ether oxygens (including phenoxy) is 1. The maximum absolute atomic E-state index is 12.8. The smallest absolute Gasteiger partial charge is 0.417 e.